The van der Waals surface area contributed by atoms with Crippen LogP contribution in [-0.2, 0) is 10.8 Å². The Morgan fingerprint density at radius 1 is 1.05 bits per heavy atom. The number of anilines is 5. The molecule has 0 saturated carbocycles. The van der Waals surface area contributed by atoms with E-state index in [2.05, 4.69) is 46.7 Å². The molecule has 39 heavy (non-hydrogen) atoms. The summed E-state index contributed by atoms with van der Waals surface area (Å²) in [6.07, 6.45) is 2.29. The molecule has 2 N–H and O–H groups in total. The zero-order valence-corrected chi connectivity index (χ0v) is 24.7. The molecule has 1 aliphatic rings. The molecule has 1 aliphatic heterocycles. The lowest BCUT2D eigenvalue weighted by molar-refractivity contribution is 0.249. The zero-order chi connectivity index (χ0) is 27.5. The summed E-state index contributed by atoms with van der Waals surface area (Å²) in [5, 5.41) is 8.82. The Hall–Kier alpha value is -3.21. The monoisotopic (exact) mass is 564 g/mol. The lowest BCUT2D eigenvalue weighted by atomic mass is 10.0. The van der Waals surface area contributed by atoms with Gasteiger partial charge in [-0.1, -0.05) is 26.0 Å². The van der Waals surface area contributed by atoms with Crippen molar-refractivity contribution in [2.24, 2.45) is 0 Å². The van der Waals surface area contributed by atoms with Gasteiger partial charge < -0.3 is 25.2 Å². The van der Waals surface area contributed by atoms with Crippen molar-refractivity contribution in [2.75, 3.05) is 49.8 Å². The molecule has 1 fully saturated rings. The number of fused-ring (bicyclic) bond motifs is 1. The molecule has 0 spiro atoms. The van der Waals surface area contributed by atoms with E-state index in [4.69, 9.17) is 14.7 Å². The van der Waals surface area contributed by atoms with Crippen molar-refractivity contribution in [2.45, 2.75) is 42.9 Å². The summed E-state index contributed by atoms with van der Waals surface area (Å²) in [5.74, 6) is 1.87. The molecule has 5 rings (SSSR count). The first-order valence-electron chi connectivity index (χ1n) is 13.2. The van der Waals surface area contributed by atoms with Gasteiger partial charge in [0.2, 0.25) is 5.95 Å². The van der Waals surface area contributed by atoms with Crippen LogP contribution in [-0.4, -0.2) is 64.7 Å². The average molecular weight is 565 g/mol. The molecule has 1 atom stereocenters. The Bertz CT molecular complexity index is 1460. The zero-order valence-electron chi connectivity index (χ0n) is 23.1. The Kier molecular flexibility index (Phi) is 8.34. The van der Waals surface area contributed by atoms with Crippen molar-refractivity contribution in [1.29, 1.82) is 0 Å². The number of benzene rings is 2. The summed E-state index contributed by atoms with van der Waals surface area (Å²) < 4.78 is 19.7. The maximum atomic E-state index is 12.9. The number of nitrogens with zero attached hydrogens (tertiary/aromatic N) is 4. The van der Waals surface area contributed by atoms with Crippen LogP contribution in [0.25, 0.3) is 10.2 Å². The highest BCUT2D eigenvalue weighted by atomic mass is 32.2. The van der Waals surface area contributed by atoms with E-state index < -0.39 is 10.8 Å². The molecule has 0 bridgehead atoms. The molecule has 0 radical (unpaired) electrons. The van der Waals surface area contributed by atoms with Crippen LogP contribution >= 0.6 is 11.3 Å². The van der Waals surface area contributed by atoms with E-state index >= 15 is 0 Å². The van der Waals surface area contributed by atoms with Crippen LogP contribution in [0.1, 0.15) is 26.7 Å². The van der Waals surface area contributed by atoms with Gasteiger partial charge in [-0.2, -0.15) is 4.98 Å². The molecule has 206 valence electrons. The van der Waals surface area contributed by atoms with Gasteiger partial charge in [-0.05, 0) is 62.6 Å². The van der Waals surface area contributed by atoms with Gasteiger partial charge in [-0.3, -0.25) is 4.21 Å². The van der Waals surface area contributed by atoms with Gasteiger partial charge in [0.15, 0.2) is 5.82 Å². The number of nitrogens with one attached hydrogen (secondary N) is 2. The smallest absolute Gasteiger partial charge is 0.229 e. The molecule has 0 aliphatic carbocycles. The van der Waals surface area contributed by atoms with E-state index in [1.165, 1.54) is 0 Å². The number of rotatable bonds is 9. The second-order valence-electron chi connectivity index (χ2n) is 10.2. The maximum absolute atomic E-state index is 12.9. The van der Waals surface area contributed by atoms with Crippen LogP contribution in [0.2, 0.25) is 0 Å². The first-order chi connectivity index (χ1) is 18.8. The maximum Gasteiger partial charge on any atom is 0.229 e. The number of thiophene rings is 1. The molecule has 8 nitrogen and oxygen atoms in total. The summed E-state index contributed by atoms with van der Waals surface area (Å²) in [7, 11) is 4.87. The topological polar surface area (TPSA) is 82.6 Å². The van der Waals surface area contributed by atoms with Crippen molar-refractivity contribution in [1.82, 2.24) is 14.9 Å². The van der Waals surface area contributed by atoms with Crippen molar-refractivity contribution in [3.8, 4) is 5.75 Å². The Morgan fingerprint density at radius 3 is 2.54 bits per heavy atom. The fourth-order valence-electron chi connectivity index (χ4n) is 4.87. The Labute approximate surface area is 236 Å². The highest BCUT2D eigenvalue weighted by molar-refractivity contribution is 7.85. The number of aromatic nitrogens is 2. The lowest BCUT2D eigenvalue weighted by Crippen LogP contribution is -2.41. The van der Waals surface area contributed by atoms with Gasteiger partial charge in [0.25, 0.3) is 0 Å². The van der Waals surface area contributed by atoms with Gasteiger partial charge >= 0.3 is 0 Å². The van der Waals surface area contributed by atoms with Crippen LogP contribution in [0.3, 0.4) is 0 Å². The minimum atomic E-state index is -1.14. The highest BCUT2D eigenvalue weighted by Gasteiger charge is 2.22. The number of ether oxygens (including phenoxy) is 1. The number of hydrogen-bond donors (Lipinski definition) is 2. The van der Waals surface area contributed by atoms with Crippen LogP contribution in [0.4, 0.5) is 28.8 Å². The lowest BCUT2D eigenvalue weighted by Gasteiger charge is -2.36. The molecular formula is C29H36N6O2S2. The number of para-hydroxylation sites is 1. The molecule has 2 aromatic carbocycles. The van der Waals surface area contributed by atoms with Crippen LogP contribution in [0, 0.1) is 0 Å². The minimum Gasteiger partial charge on any atom is -0.494 e. The van der Waals surface area contributed by atoms with E-state index in [1.807, 2.05) is 55.6 Å². The SMILES string of the molecule is COc1cc(N2CCC(N(C)C)CC2)ccc1Nc1nc(Nc2ccccc2S(=O)C(C)C)c2sccc2n1. The summed E-state index contributed by atoms with van der Waals surface area (Å²) in [5.41, 5.74) is 3.57. The summed E-state index contributed by atoms with van der Waals surface area (Å²) >= 11 is 1.57. The second kappa shape index (κ2) is 11.9. The molecule has 3 heterocycles. The largest absolute Gasteiger partial charge is 0.494 e. The summed E-state index contributed by atoms with van der Waals surface area (Å²) in [6, 6.07) is 16.5. The first-order valence-corrected chi connectivity index (χ1v) is 15.3. The van der Waals surface area contributed by atoms with Crippen LogP contribution in [0.15, 0.2) is 58.8 Å². The van der Waals surface area contributed by atoms with Gasteiger partial charge in [0, 0.05) is 36.1 Å². The number of hydrogen-bond acceptors (Lipinski definition) is 9. The highest BCUT2D eigenvalue weighted by Crippen LogP contribution is 2.36. The fourth-order valence-corrected chi connectivity index (χ4v) is 6.70. The first kappa shape index (κ1) is 27.4. The Balaban J connectivity index is 1.41. The predicted molar refractivity (Wildman–Crippen MR) is 164 cm³/mol. The van der Waals surface area contributed by atoms with Crippen LogP contribution in [0.5, 0.6) is 5.75 Å². The predicted octanol–water partition coefficient (Wildman–Crippen LogP) is 6.23. The fraction of sp³-hybridized carbons (Fsp3) is 0.379. The van der Waals surface area contributed by atoms with E-state index in [9.17, 15) is 4.21 Å². The number of methoxy groups -OCH3 is 1. The van der Waals surface area contributed by atoms with Gasteiger partial charge in [0.1, 0.15) is 5.75 Å². The van der Waals surface area contributed by atoms with Crippen molar-refractivity contribution < 1.29 is 8.95 Å². The molecule has 1 saturated heterocycles. The third-order valence-corrected chi connectivity index (χ3v) is 9.64. The average Bonchev–Trinajstić information content (AvgIpc) is 3.42. The molecule has 4 aromatic rings. The van der Waals surface area contributed by atoms with E-state index in [-0.39, 0.29) is 5.25 Å². The quantitative estimate of drug-likeness (QED) is 0.247. The van der Waals surface area contributed by atoms with E-state index in [1.54, 1.807) is 18.4 Å². The summed E-state index contributed by atoms with van der Waals surface area (Å²) in [6.45, 7) is 5.96. The Morgan fingerprint density at radius 2 is 1.82 bits per heavy atom. The van der Waals surface area contributed by atoms with Crippen molar-refractivity contribution >= 4 is 61.2 Å². The standard InChI is InChI=1S/C29H36N6O2S2/c1-19(2)39(36)26-9-7-6-8-23(26)30-28-27-24(14-17-38-27)32-29(33-28)31-22-11-10-21(18-25(22)37-5)35-15-12-20(13-16-35)34(3)4/h6-11,14,17-20H,12-13,15-16H2,1-5H3,(H2,30,31,32,33). The van der Waals surface area contributed by atoms with Crippen molar-refractivity contribution in [3.63, 3.8) is 0 Å². The molecular weight excluding hydrogens is 528 g/mol. The minimum absolute atomic E-state index is 0.00659. The second-order valence-corrected chi connectivity index (χ2v) is 13.1. The third kappa shape index (κ3) is 6.03. The van der Waals surface area contributed by atoms with E-state index in [0.29, 0.717) is 17.8 Å². The van der Waals surface area contributed by atoms with E-state index in [0.717, 1.165) is 63.9 Å². The third-order valence-electron chi connectivity index (χ3n) is 7.08. The molecule has 0 amide bonds. The van der Waals surface area contributed by atoms with Gasteiger partial charge in [-0.25, -0.2) is 4.98 Å². The molecule has 10 heteroatoms. The van der Waals surface area contributed by atoms with Crippen LogP contribution < -0.4 is 20.3 Å². The normalized spacial score (nSPS) is 15.2. The van der Waals surface area contributed by atoms with Gasteiger partial charge in [-0.15, -0.1) is 11.3 Å². The number of piperidine rings is 1. The molecule has 1 unspecified atom stereocenters. The van der Waals surface area contributed by atoms with Crippen molar-refractivity contribution in [3.05, 3.63) is 53.9 Å². The molecule has 2 aromatic heterocycles. The van der Waals surface area contributed by atoms with Gasteiger partial charge in [0.05, 0.1) is 44.4 Å². The summed E-state index contributed by atoms with van der Waals surface area (Å²) in [4.78, 5) is 15.1.